The molecule has 1 saturated carbocycles. The summed E-state index contributed by atoms with van der Waals surface area (Å²) in [4.78, 5) is 0.782. The lowest BCUT2D eigenvalue weighted by Gasteiger charge is -2.17. The molecular weight excluding hydrogens is 228 g/mol. The van der Waals surface area contributed by atoms with E-state index in [0.29, 0.717) is 11.2 Å². The maximum Gasteiger partial charge on any atom is 0.159 e. The van der Waals surface area contributed by atoms with E-state index in [-0.39, 0.29) is 6.04 Å². The van der Waals surface area contributed by atoms with Gasteiger partial charge in [0.2, 0.25) is 0 Å². The van der Waals surface area contributed by atoms with Gasteiger partial charge in [0, 0.05) is 16.2 Å². The minimum atomic E-state index is -0.791. The number of thioether (sulfide) groups is 1. The maximum atomic E-state index is 13.0. The van der Waals surface area contributed by atoms with E-state index in [2.05, 4.69) is 6.92 Å². The summed E-state index contributed by atoms with van der Waals surface area (Å²) in [5.41, 5.74) is 5.93. The van der Waals surface area contributed by atoms with Gasteiger partial charge in [0.25, 0.3) is 0 Å². The Labute approximate surface area is 98.4 Å². The zero-order valence-corrected chi connectivity index (χ0v) is 9.94. The lowest BCUT2D eigenvalue weighted by atomic mass is 10.1. The number of benzene rings is 1. The summed E-state index contributed by atoms with van der Waals surface area (Å²) in [5.74, 6) is -1.14. The van der Waals surface area contributed by atoms with Crippen LogP contribution in [-0.4, -0.2) is 11.3 Å². The highest BCUT2D eigenvalue weighted by atomic mass is 32.2. The van der Waals surface area contributed by atoms with Gasteiger partial charge >= 0.3 is 0 Å². The summed E-state index contributed by atoms with van der Waals surface area (Å²) >= 11 is 1.60. The van der Waals surface area contributed by atoms with Crippen LogP contribution in [0.4, 0.5) is 8.78 Å². The number of halogens is 2. The first-order chi connectivity index (χ1) is 7.58. The number of hydrogen-bond donors (Lipinski definition) is 1. The first-order valence-corrected chi connectivity index (χ1v) is 6.33. The highest BCUT2D eigenvalue weighted by Crippen LogP contribution is 2.38. The lowest BCUT2D eigenvalue weighted by Crippen LogP contribution is -2.25. The second-order valence-corrected chi connectivity index (χ2v) is 5.65. The van der Waals surface area contributed by atoms with E-state index < -0.39 is 11.6 Å². The van der Waals surface area contributed by atoms with Crippen molar-refractivity contribution in [3.05, 3.63) is 29.8 Å². The third kappa shape index (κ3) is 2.38. The van der Waals surface area contributed by atoms with Crippen LogP contribution >= 0.6 is 11.8 Å². The molecule has 0 aliphatic heterocycles. The second kappa shape index (κ2) is 4.72. The van der Waals surface area contributed by atoms with Gasteiger partial charge in [-0.05, 0) is 37.0 Å². The van der Waals surface area contributed by atoms with Gasteiger partial charge in [-0.2, -0.15) is 0 Å². The lowest BCUT2D eigenvalue weighted by molar-refractivity contribution is 0.505. The molecule has 1 fully saturated rings. The summed E-state index contributed by atoms with van der Waals surface area (Å²) < 4.78 is 25.8. The highest BCUT2D eigenvalue weighted by Gasteiger charge is 2.30. The molecule has 1 nitrogen and oxygen atoms in total. The van der Waals surface area contributed by atoms with Crippen molar-refractivity contribution in [2.24, 2.45) is 11.7 Å². The molecule has 1 aliphatic rings. The fraction of sp³-hybridized carbons (Fsp3) is 0.500. The number of hydrogen-bond acceptors (Lipinski definition) is 2. The predicted molar refractivity (Wildman–Crippen MR) is 62.4 cm³/mol. The Morgan fingerprint density at radius 2 is 2.00 bits per heavy atom. The molecule has 1 aliphatic carbocycles. The van der Waals surface area contributed by atoms with Crippen LogP contribution in [-0.2, 0) is 0 Å². The summed E-state index contributed by atoms with van der Waals surface area (Å²) in [7, 11) is 0. The molecule has 16 heavy (non-hydrogen) atoms. The van der Waals surface area contributed by atoms with Gasteiger partial charge in [0.15, 0.2) is 11.6 Å². The Balaban J connectivity index is 2.07. The summed E-state index contributed by atoms with van der Waals surface area (Å²) in [6.07, 6.45) is 2.06. The third-order valence-corrected chi connectivity index (χ3v) is 4.72. The van der Waals surface area contributed by atoms with E-state index in [4.69, 9.17) is 5.73 Å². The summed E-state index contributed by atoms with van der Waals surface area (Å²) in [6.45, 7) is 2.12. The first kappa shape index (κ1) is 11.9. The quantitative estimate of drug-likeness (QED) is 0.863. The van der Waals surface area contributed by atoms with Crippen molar-refractivity contribution >= 4 is 11.8 Å². The number of nitrogens with two attached hydrogens (primary N) is 1. The zero-order chi connectivity index (χ0) is 11.7. The molecule has 0 saturated heterocycles. The standard InChI is InChI=1S/C12H15F2NS/c1-7-11(15)4-5-12(7)16-8-2-3-9(13)10(14)6-8/h2-3,6-7,11-12H,4-5,15H2,1H3. The molecule has 1 aromatic rings. The van der Waals surface area contributed by atoms with Crippen LogP contribution in [0.1, 0.15) is 19.8 Å². The normalized spacial score (nSPS) is 29.6. The largest absolute Gasteiger partial charge is 0.327 e. The minimum Gasteiger partial charge on any atom is -0.327 e. The van der Waals surface area contributed by atoms with Crippen LogP contribution in [0.25, 0.3) is 0 Å². The van der Waals surface area contributed by atoms with Crippen LogP contribution in [0.2, 0.25) is 0 Å². The van der Waals surface area contributed by atoms with Gasteiger partial charge in [0.05, 0.1) is 0 Å². The Morgan fingerprint density at radius 1 is 1.25 bits per heavy atom. The van der Waals surface area contributed by atoms with Gasteiger partial charge in [-0.25, -0.2) is 8.78 Å². The van der Waals surface area contributed by atoms with E-state index in [1.54, 1.807) is 17.8 Å². The molecule has 4 heteroatoms. The monoisotopic (exact) mass is 243 g/mol. The Hall–Kier alpha value is -0.610. The second-order valence-electron chi connectivity index (χ2n) is 4.33. The van der Waals surface area contributed by atoms with Crippen molar-refractivity contribution in [1.82, 2.24) is 0 Å². The molecule has 0 aromatic heterocycles. The predicted octanol–water partition coefficient (Wildman–Crippen LogP) is 3.18. The molecule has 88 valence electrons. The van der Waals surface area contributed by atoms with E-state index >= 15 is 0 Å². The van der Waals surface area contributed by atoms with E-state index in [9.17, 15) is 8.78 Å². The maximum absolute atomic E-state index is 13.0. The average molecular weight is 243 g/mol. The molecule has 0 radical (unpaired) electrons. The molecule has 3 atom stereocenters. The fourth-order valence-electron chi connectivity index (χ4n) is 2.05. The Morgan fingerprint density at radius 3 is 2.56 bits per heavy atom. The van der Waals surface area contributed by atoms with E-state index in [1.165, 1.54) is 12.1 Å². The molecule has 0 bridgehead atoms. The summed E-state index contributed by atoms with van der Waals surface area (Å²) in [6, 6.07) is 4.30. The highest BCUT2D eigenvalue weighted by molar-refractivity contribution is 8.00. The van der Waals surface area contributed by atoms with Gasteiger partial charge in [-0.1, -0.05) is 6.92 Å². The Kier molecular flexibility index (Phi) is 3.50. The van der Waals surface area contributed by atoms with Gasteiger partial charge in [-0.15, -0.1) is 11.8 Å². The van der Waals surface area contributed by atoms with E-state index in [1.807, 2.05) is 0 Å². The van der Waals surface area contributed by atoms with Crippen LogP contribution in [0, 0.1) is 17.6 Å². The van der Waals surface area contributed by atoms with Crippen molar-refractivity contribution in [2.75, 3.05) is 0 Å². The van der Waals surface area contributed by atoms with Crippen LogP contribution < -0.4 is 5.73 Å². The smallest absolute Gasteiger partial charge is 0.159 e. The molecule has 3 unspecified atom stereocenters. The molecular formula is C12H15F2NS. The molecule has 2 rings (SSSR count). The molecule has 0 spiro atoms. The number of rotatable bonds is 2. The molecule has 2 N–H and O–H groups in total. The SMILES string of the molecule is CC1C(N)CCC1Sc1ccc(F)c(F)c1. The van der Waals surface area contributed by atoms with Gasteiger partial charge in [0.1, 0.15) is 0 Å². The van der Waals surface area contributed by atoms with Crippen molar-refractivity contribution < 1.29 is 8.78 Å². The van der Waals surface area contributed by atoms with Crippen LogP contribution in [0.3, 0.4) is 0 Å². The topological polar surface area (TPSA) is 26.0 Å². The fourth-order valence-corrected chi connectivity index (χ4v) is 3.39. The molecule has 1 aromatic carbocycles. The average Bonchev–Trinajstić information content (AvgIpc) is 2.55. The van der Waals surface area contributed by atoms with Gasteiger partial charge < -0.3 is 5.73 Å². The molecule has 0 heterocycles. The first-order valence-electron chi connectivity index (χ1n) is 5.45. The Bertz CT molecular complexity index is 383. The van der Waals surface area contributed by atoms with Crippen molar-refractivity contribution in [1.29, 1.82) is 0 Å². The van der Waals surface area contributed by atoms with Crippen LogP contribution in [0.5, 0.6) is 0 Å². The minimum absolute atomic E-state index is 0.239. The zero-order valence-electron chi connectivity index (χ0n) is 9.12. The van der Waals surface area contributed by atoms with E-state index in [0.717, 1.165) is 17.7 Å². The van der Waals surface area contributed by atoms with Gasteiger partial charge in [-0.3, -0.25) is 0 Å². The van der Waals surface area contributed by atoms with Crippen molar-refractivity contribution in [3.8, 4) is 0 Å². The van der Waals surface area contributed by atoms with Crippen molar-refractivity contribution in [3.63, 3.8) is 0 Å². The summed E-state index contributed by atoms with van der Waals surface area (Å²) in [5, 5.41) is 0.417. The third-order valence-electron chi connectivity index (χ3n) is 3.22. The molecule has 0 amide bonds. The van der Waals surface area contributed by atoms with Crippen molar-refractivity contribution in [2.45, 2.75) is 36.0 Å². The van der Waals surface area contributed by atoms with Crippen LogP contribution in [0.15, 0.2) is 23.1 Å².